The molecule has 1 aromatic heterocycles. The number of sulfonamides is 1. The van der Waals surface area contributed by atoms with E-state index in [9.17, 15) is 8.42 Å². The number of nitrogens with zero attached hydrogens (tertiary/aromatic N) is 2. The SMILES string of the molecule is Cc1ccc(C)c(S(=O)(=O)N2CC[NH+](Cc3ncc(-c4ccccc4)o3)CC2)c1. The van der Waals surface area contributed by atoms with E-state index in [1.165, 1.54) is 4.90 Å². The van der Waals surface area contributed by atoms with Crippen molar-refractivity contribution in [2.45, 2.75) is 25.3 Å². The first-order valence-electron chi connectivity index (χ1n) is 9.84. The summed E-state index contributed by atoms with van der Waals surface area (Å²) in [5, 5.41) is 0. The first-order valence-corrected chi connectivity index (χ1v) is 11.3. The van der Waals surface area contributed by atoms with Gasteiger partial charge in [-0.3, -0.25) is 0 Å². The van der Waals surface area contributed by atoms with E-state index in [-0.39, 0.29) is 0 Å². The van der Waals surface area contributed by atoms with Crippen molar-refractivity contribution in [3.63, 3.8) is 0 Å². The van der Waals surface area contributed by atoms with Crippen molar-refractivity contribution < 1.29 is 17.7 Å². The molecule has 1 N–H and O–H groups in total. The predicted molar refractivity (Wildman–Crippen MR) is 111 cm³/mol. The minimum atomic E-state index is -3.46. The van der Waals surface area contributed by atoms with Gasteiger partial charge in [0.2, 0.25) is 10.0 Å². The molecular formula is C22H26N3O3S+. The topological polar surface area (TPSA) is 67.8 Å². The fourth-order valence-electron chi connectivity index (χ4n) is 3.69. The fourth-order valence-corrected chi connectivity index (χ4v) is 5.44. The minimum Gasteiger partial charge on any atom is -0.435 e. The number of piperazine rings is 1. The molecule has 3 aromatic rings. The quantitative estimate of drug-likeness (QED) is 0.697. The van der Waals surface area contributed by atoms with Crippen molar-refractivity contribution in [3.05, 3.63) is 71.7 Å². The molecule has 2 heterocycles. The molecule has 4 rings (SSSR count). The van der Waals surface area contributed by atoms with Gasteiger partial charge in [-0.1, -0.05) is 42.5 Å². The molecule has 1 aliphatic heterocycles. The summed E-state index contributed by atoms with van der Waals surface area (Å²) in [7, 11) is -3.46. The van der Waals surface area contributed by atoms with Gasteiger partial charge in [0, 0.05) is 5.56 Å². The smallest absolute Gasteiger partial charge is 0.250 e. The van der Waals surface area contributed by atoms with E-state index in [0.717, 1.165) is 35.5 Å². The number of hydrogen-bond acceptors (Lipinski definition) is 4. The number of quaternary nitrogens is 1. The molecule has 1 aliphatic rings. The molecule has 0 saturated carbocycles. The number of oxazole rings is 1. The van der Waals surface area contributed by atoms with Gasteiger partial charge < -0.3 is 9.32 Å². The molecule has 0 unspecified atom stereocenters. The van der Waals surface area contributed by atoms with Crippen LogP contribution in [0.5, 0.6) is 0 Å². The van der Waals surface area contributed by atoms with Gasteiger partial charge in [0.05, 0.1) is 37.3 Å². The fraction of sp³-hybridized carbons (Fsp3) is 0.318. The van der Waals surface area contributed by atoms with Crippen molar-refractivity contribution in [1.29, 1.82) is 0 Å². The summed E-state index contributed by atoms with van der Waals surface area (Å²) in [4.78, 5) is 6.10. The van der Waals surface area contributed by atoms with Crippen LogP contribution in [0.25, 0.3) is 11.3 Å². The molecule has 0 bridgehead atoms. The molecule has 0 aliphatic carbocycles. The second-order valence-electron chi connectivity index (χ2n) is 7.58. The van der Waals surface area contributed by atoms with E-state index in [0.29, 0.717) is 30.4 Å². The maximum absolute atomic E-state index is 13.1. The number of aromatic nitrogens is 1. The highest BCUT2D eigenvalue weighted by atomic mass is 32.2. The molecule has 2 aromatic carbocycles. The van der Waals surface area contributed by atoms with Gasteiger partial charge in [0.1, 0.15) is 0 Å². The van der Waals surface area contributed by atoms with E-state index in [1.54, 1.807) is 16.6 Å². The molecule has 152 valence electrons. The Balaban J connectivity index is 1.40. The van der Waals surface area contributed by atoms with Crippen LogP contribution in [0.2, 0.25) is 0 Å². The van der Waals surface area contributed by atoms with Crippen molar-refractivity contribution in [1.82, 2.24) is 9.29 Å². The number of hydrogen-bond donors (Lipinski definition) is 1. The third kappa shape index (κ3) is 4.27. The third-order valence-corrected chi connectivity index (χ3v) is 7.44. The van der Waals surface area contributed by atoms with Crippen LogP contribution in [0.15, 0.2) is 64.0 Å². The van der Waals surface area contributed by atoms with Crippen molar-refractivity contribution in [3.8, 4) is 11.3 Å². The molecule has 0 spiro atoms. The van der Waals surface area contributed by atoms with Crippen LogP contribution < -0.4 is 4.90 Å². The molecule has 0 radical (unpaired) electrons. The summed E-state index contributed by atoms with van der Waals surface area (Å²) in [6, 6.07) is 15.5. The highest BCUT2D eigenvalue weighted by Gasteiger charge is 2.32. The Morgan fingerprint density at radius 2 is 1.79 bits per heavy atom. The van der Waals surface area contributed by atoms with Gasteiger partial charge in [-0.2, -0.15) is 4.31 Å². The van der Waals surface area contributed by atoms with Gasteiger partial charge >= 0.3 is 0 Å². The van der Waals surface area contributed by atoms with Gasteiger partial charge in [-0.15, -0.1) is 0 Å². The summed E-state index contributed by atoms with van der Waals surface area (Å²) in [5.41, 5.74) is 2.75. The maximum Gasteiger partial charge on any atom is 0.250 e. The first-order chi connectivity index (χ1) is 13.9. The summed E-state index contributed by atoms with van der Waals surface area (Å²) in [5.74, 6) is 1.45. The zero-order valence-corrected chi connectivity index (χ0v) is 17.6. The lowest BCUT2D eigenvalue weighted by atomic mass is 10.2. The van der Waals surface area contributed by atoms with Crippen LogP contribution in [0.3, 0.4) is 0 Å². The summed E-state index contributed by atoms with van der Waals surface area (Å²) >= 11 is 0. The Labute approximate surface area is 171 Å². The van der Waals surface area contributed by atoms with Crippen molar-refractivity contribution >= 4 is 10.0 Å². The van der Waals surface area contributed by atoms with Crippen LogP contribution >= 0.6 is 0 Å². The Morgan fingerprint density at radius 1 is 1.07 bits per heavy atom. The van der Waals surface area contributed by atoms with E-state index in [1.807, 2.05) is 56.3 Å². The average Bonchev–Trinajstić information content (AvgIpc) is 3.19. The Hall–Kier alpha value is -2.48. The van der Waals surface area contributed by atoms with Crippen LogP contribution in [0, 0.1) is 13.8 Å². The van der Waals surface area contributed by atoms with E-state index in [4.69, 9.17) is 4.42 Å². The van der Waals surface area contributed by atoms with E-state index < -0.39 is 10.0 Å². The monoisotopic (exact) mass is 412 g/mol. The van der Waals surface area contributed by atoms with Gasteiger partial charge in [-0.25, -0.2) is 13.4 Å². The lowest BCUT2D eigenvalue weighted by Crippen LogP contribution is -3.13. The molecule has 1 saturated heterocycles. The van der Waals surface area contributed by atoms with Crippen molar-refractivity contribution in [2.24, 2.45) is 0 Å². The molecular weight excluding hydrogens is 386 g/mol. The molecule has 6 nitrogen and oxygen atoms in total. The first kappa shape index (κ1) is 19.8. The Bertz CT molecular complexity index is 1090. The van der Waals surface area contributed by atoms with E-state index in [2.05, 4.69) is 4.98 Å². The van der Waals surface area contributed by atoms with Crippen LogP contribution in [-0.4, -0.2) is 43.9 Å². The Morgan fingerprint density at radius 3 is 2.52 bits per heavy atom. The third-order valence-electron chi connectivity index (χ3n) is 5.40. The van der Waals surface area contributed by atoms with Crippen LogP contribution in [-0.2, 0) is 16.6 Å². The van der Waals surface area contributed by atoms with Gasteiger partial charge in [-0.05, 0) is 31.0 Å². The lowest BCUT2D eigenvalue weighted by Gasteiger charge is -2.31. The van der Waals surface area contributed by atoms with Gasteiger partial charge in [0.15, 0.2) is 12.3 Å². The molecule has 7 heteroatoms. The highest BCUT2D eigenvalue weighted by Crippen LogP contribution is 2.22. The van der Waals surface area contributed by atoms with E-state index >= 15 is 0 Å². The maximum atomic E-state index is 13.1. The van der Waals surface area contributed by atoms with Crippen molar-refractivity contribution in [2.75, 3.05) is 26.2 Å². The summed E-state index contributed by atoms with van der Waals surface area (Å²) in [6.07, 6.45) is 1.76. The minimum absolute atomic E-state index is 0.418. The van der Waals surface area contributed by atoms with Crippen LogP contribution in [0.1, 0.15) is 17.0 Å². The molecule has 0 atom stereocenters. The standard InChI is InChI=1S/C22H25N3O3S/c1-17-8-9-18(2)21(14-17)29(26,27)25-12-10-24(11-13-25)16-22-23-15-20(28-22)19-6-4-3-5-7-19/h3-9,14-15H,10-13,16H2,1-2H3/p+1. The largest absolute Gasteiger partial charge is 0.435 e. The predicted octanol–water partition coefficient (Wildman–Crippen LogP) is 2.05. The number of nitrogens with one attached hydrogen (secondary N) is 1. The number of rotatable bonds is 5. The molecule has 29 heavy (non-hydrogen) atoms. The second kappa shape index (κ2) is 8.10. The average molecular weight is 413 g/mol. The van der Waals surface area contributed by atoms with Crippen LogP contribution in [0.4, 0.5) is 0 Å². The Kier molecular flexibility index (Phi) is 5.54. The summed E-state index contributed by atoms with van der Waals surface area (Å²) < 4.78 is 33.6. The zero-order chi connectivity index (χ0) is 20.4. The molecule has 0 amide bonds. The normalized spacial score (nSPS) is 16.2. The van der Waals surface area contributed by atoms with Gasteiger partial charge in [0.25, 0.3) is 5.89 Å². The number of benzene rings is 2. The summed E-state index contributed by atoms with van der Waals surface area (Å²) in [6.45, 7) is 6.88. The number of aryl methyl sites for hydroxylation is 2. The molecule has 1 fully saturated rings. The zero-order valence-electron chi connectivity index (χ0n) is 16.8. The lowest BCUT2D eigenvalue weighted by molar-refractivity contribution is -0.918. The highest BCUT2D eigenvalue weighted by molar-refractivity contribution is 7.89. The second-order valence-corrected chi connectivity index (χ2v) is 9.49.